The third-order valence-electron chi connectivity index (χ3n) is 4.90. The predicted octanol–water partition coefficient (Wildman–Crippen LogP) is 5.25. The molecule has 3 aromatic rings. The lowest BCUT2D eigenvalue weighted by atomic mass is 10.1. The summed E-state index contributed by atoms with van der Waals surface area (Å²) in [5.74, 6) is 0. The van der Waals surface area contributed by atoms with Gasteiger partial charge in [-0.25, -0.2) is 9.67 Å². The van der Waals surface area contributed by atoms with E-state index in [0.29, 0.717) is 6.04 Å². The highest BCUT2D eigenvalue weighted by Crippen LogP contribution is 2.37. The molecule has 1 fully saturated rings. The first-order chi connectivity index (χ1) is 12.1. The standard InChI is InChI=1S/C19H23BrN4O/c1-12(2)23-11-15(14-10-21-17(20)8-16(14)23)19-13(3)9-22-24(19)18-6-4-5-7-25-18/h8-12,18H,4-7H2,1-3H3. The Morgan fingerprint density at radius 1 is 1.28 bits per heavy atom. The molecule has 3 aromatic heterocycles. The molecule has 0 aromatic carbocycles. The summed E-state index contributed by atoms with van der Waals surface area (Å²) in [6, 6.07) is 2.46. The number of rotatable bonds is 3. The van der Waals surface area contributed by atoms with E-state index in [0.717, 1.165) is 35.1 Å². The van der Waals surface area contributed by atoms with Crippen LogP contribution in [0.2, 0.25) is 0 Å². The Morgan fingerprint density at radius 2 is 2.12 bits per heavy atom. The van der Waals surface area contributed by atoms with Gasteiger partial charge in [0.1, 0.15) is 4.60 Å². The van der Waals surface area contributed by atoms with Gasteiger partial charge in [-0.15, -0.1) is 0 Å². The van der Waals surface area contributed by atoms with E-state index in [2.05, 4.69) is 68.3 Å². The SMILES string of the molecule is Cc1cnn(C2CCCCO2)c1-c1cn(C(C)C)c2cc(Br)ncc12. The first-order valence-electron chi connectivity index (χ1n) is 8.88. The molecule has 0 aliphatic carbocycles. The minimum absolute atomic E-state index is 0.0262. The number of hydrogen-bond donors (Lipinski definition) is 0. The van der Waals surface area contributed by atoms with Crippen molar-refractivity contribution in [1.29, 1.82) is 0 Å². The van der Waals surface area contributed by atoms with E-state index >= 15 is 0 Å². The third-order valence-corrected chi connectivity index (χ3v) is 5.34. The van der Waals surface area contributed by atoms with Crippen molar-refractivity contribution >= 4 is 26.8 Å². The summed E-state index contributed by atoms with van der Waals surface area (Å²) in [4.78, 5) is 4.46. The summed E-state index contributed by atoms with van der Waals surface area (Å²) in [6.45, 7) is 7.33. The van der Waals surface area contributed by atoms with Crippen molar-refractivity contribution in [2.75, 3.05) is 6.61 Å². The zero-order chi connectivity index (χ0) is 17.6. The summed E-state index contributed by atoms with van der Waals surface area (Å²) >= 11 is 3.50. The molecule has 5 nitrogen and oxygen atoms in total. The van der Waals surface area contributed by atoms with Gasteiger partial charge in [-0.1, -0.05) is 0 Å². The number of nitrogens with zero attached hydrogens (tertiary/aromatic N) is 4. The van der Waals surface area contributed by atoms with Gasteiger partial charge in [0.2, 0.25) is 0 Å². The fraction of sp³-hybridized carbons (Fsp3) is 0.474. The first-order valence-corrected chi connectivity index (χ1v) is 9.67. The Bertz CT molecular complexity index is 906. The summed E-state index contributed by atoms with van der Waals surface area (Å²) in [5.41, 5.74) is 4.66. The quantitative estimate of drug-likeness (QED) is 0.561. The lowest BCUT2D eigenvalue weighted by molar-refractivity contribution is -0.0383. The van der Waals surface area contributed by atoms with Gasteiger partial charge >= 0.3 is 0 Å². The van der Waals surface area contributed by atoms with Gasteiger partial charge in [-0.2, -0.15) is 5.10 Å². The van der Waals surface area contributed by atoms with E-state index in [-0.39, 0.29) is 6.23 Å². The molecule has 4 heterocycles. The molecular formula is C19H23BrN4O. The van der Waals surface area contributed by atoms with Crippen LogP contribution in [0.5, 0.6) is 0 Å². The molecule has 0 bridgehead atoms. The maximum Gasteiger partial charge on any atom is 0.150 e. The predicted molar refractivity (Wildman–Crippen MR) is 103 cm³/mol. The van der Waals surface area contributed by atoms with Crippen LogP contribution >= 0.6 is 15.9 Å². The van der Waals surface area contributed by atoms with Gasteiger partial charge in [0.25, 0.3) is 0 Å². The van der Waals surface area contributed by atoms with Crippen LogP contribution in [0.1, 0.15) is 50.9 Å². The van der Waals surface area contributed by atoms with Crippen LogP contribution < -0.4 is 0 Å². The molecule has 132 valence electrons. The molecular weight excluding hydrogens is 380 g/mol. The lowest BCUT2D eigenvalue weighted by Crippen LogP contribution is -2.20. The van der Waals surface area contributed by atoms with Gasteiger partial charge in [-0.05, 0) is 67.6 Å². The third kappa shape index (κ3) is 2.91. The zero-order valence-electron chi connectivity index (χ0n) is 14.9. The van der Waals surface area contributed by atoms with E-state index in [1.807, 2.05) is 12.4 Å². The van der Waals surface area contributed by atoms with Crippen LogP contribution in [0.3, 0.4) is 0 Å². The van der Waals surface area contributed by atoms with Gasteiger partial charge < -0.3 is 9.30 Å². The highest BCUT2D eigenvalue weighted by molar-refractivity contribution is 9.10. The lowest BCUT2D eigenvalue weighted by Gasteiger charge is -2.24. The number of fused-ring (bicyclic) bond motifs is 1. The monoisotopic (exact) mass is 402 g/mol. The summed E-state index contributed by atoms with van der Waals surface area (Å²) in [6.07, 6.45) is 9.48. The number of halogens is 1. The number of ether oxygens (including phenoxy) is 1. The minimum Gasteiger partial charge on any atom is -0.356 e. The normalized spacial score (nSPS) is 18.4. The molecule has 1 aliphatic heterocycles. The smallest absolute Gasteiger partial charge is 0.150 e. The van der Waals surface area contributed by atoms with Crippen LogP contribution in [-0.4, -0.2) is 25.9 Å². The number of pyridine rings is 1. The van der Waals surface area contributed by atoms with Crippen molar-refractivity contribution in [3.05, 3.63) is 34.8 Å². The average Bonchev–Trinajstić information content (AvgIpc) is 3.15. The zero-order valence-corrected chi connectivity index (χ0v) is 16.5. The molecule has 1 unspecified atom stereocenters. The van der Waals surface area contributed by atoms with Crippen molar-refractivity contribution in [3.8, 4) is 11.3 Å². The van der Waals surface area contributed by atoms with Crippen LogP contribution in [0, 0.1) is 6.92 Å². The topological polar surface area (TPSA) is 44.9 Å². The molecule has 1 atom stereocenters. The Hall–Kier alpha value is -1.66. The first kappa shape index (κ1) is 16.8. The Labute approximate surface area is 156 Å². The molecule has 25 heavy (non-hydrogen) atoms. The maximum atomic E-state index is 6.00. The Morgan fingerprint density at radius 3 is 2.84 bits per heavy atom. The molecule has 1 aliphatic rings. The number of aryl methyl sites for hydroxylation is 1. The van der Waals surface area contributed by atoms with Crippen LogP contribution in [-0.2, 0) is 4.74 Å². The largest absolute Gasteiger partial charge is 0.356 e. The maximum absolute atomic E-state index is 6.00. The van der Waals surface area contributed by atoms with Crippen molar-refractivity contribution < 1.29 is 4.74 Å². The fourth-order valence-corrected chi connectivity index (χ4v) is 3.97. The molecule has 4 rings (SSSR count). The second kappa shape index (κ2) is 6.57. The summed E-state index contributed by atoms with van der Waals surface area (Å²) in [5, 5.41) is 5.80. The van der Waals surface area contributed by atoms with E-state index in [4.69, 9.17) is 4.74 Å². The summed E-state index contributed by atoms with van der Waals surface area (Å²) in [7, 11) is 0. The van der Waals surface area contributed by atoms with Crippen molar-refractivity contribution in [2.24, 2.45) is 0 Å². The summed E-state index contributed by atoms with van der Waals surface area (Å²) < 4.78 is 11.2. The Balaban J connectivity index is 1.92. The van der Waals surface area contributed by atoms with Gasteiger partial charge in [0, 0.05) is 36.0 Å². The van der Waals surface area contributed by atoms with E-state index < -0.39 is 0 Å². The fourth-order valence-electron chi connectivity index (χ4n) is 3.65. The second-order valence-corrected chi connectivity index (χ2v) is 7.82. The van der Waals surface area contributed by atoms with E-state index in [9.17, 15) is 0 Å². The minimum atomic E-state index is 0.0262. The van der Waals surface area contributed by atoms with Crippen molar-refractivity contribution in [1.82, 2.24) is 19.3 Å². The molecule has 0 spiro atoms. The van der Waals surface area contributed by atoms with E-state index in [1.54, 1.807) is 0 Å². The van der Waals surface area contributed by atoms with Crippen molar-refractivity contribution in [3.63, 3.8) is 0 Å². The highest BCUT2D eigenvalue weighted by atomic mass is 79.9. The van der Waals surface area contributed by atoms with Crippen LogP contribution in [0.4, 0.5) is 0 Å². The molecule has 1 saturated heterocycles. The average molecular weight is 403 g/mol. The number of hydrogen-bond acceptors (Lipinski definition) is 3. The molecule has 6 heteroatoms. The van der Waals surface area contributed by atoms with Gasteiger partial charge in [0.15, 0.2) is 6.23 Å². The van der Waals surface area contributed by atoms with Gasteiger partial charge in [0.05, 0.1) is 17.4 Å². The number of aromatic nitrogens is 4. The van der Waals surface area contributed by atoms with Gasteiger partial charge in [-0.3, -0.25) is 0 Å². The van der Waals surface area contributed by atoms with Crippen molar-refractivity contribution in [2.45, 2.75) is 52.3 Å². The molecule has 0 N–H and O–H groups in total. The molecule has 0 saturated carbocycles. The second-order valence-electron chi connectivity index (χ2n) is 7.01. The highest BCUT2D eigenvalue weighted by Gasteiger charge is 2.24. The van der Waals surface area contributed by atoms with E-state index in [1.165, 1.54) is 23.1 Å². The van der Waals surface area contributed by atoms with Crippen LogP contribution in [0.25, 0.3) is 22.2 Å². The Kier molecular flexibility index (Phi) is 4.41. The molecule has 0 amide bonds. The van der Waals surface area contributed by atoms with Crippen LogP contribution in [0.15, 0.2) is 29.3 Å². The molecule has 0 radical (unpaired) electrons.